The Morgan fingerprint density at radius 1 is 0.765 bits per heavy atom. The van der Waals surface area contributed by atoms with Crippen molar-refractivity contribution in [3.05, 3.63) is 69.7 Å². The van der Waals surface area contributed by atoms with Crippen LogP contribution in [0.3, 0.4) is 0 Å². The molecule has 0 nitrogen and oxygen atoms in total. The first-order chi connectivity index (χ1) is 7.77. The molecule has 2 rings (SSSR count). The standard InChI is InChI=1S/C14H10Cl2.Na.H/c15-13-8-4-7-12(14(13)16)10-9-11-5-2-1-3-6-11;;/h1-10H;;. The number of rotatable bonds is 2. The summed E-state index contributed by atoms with van der Waals surface area (Å²) in [4.78, 5) is 0. The van der Waals surface area contributed by atoms with Gasteiger partial charge in [0.25, 0.3) is 0 Å². The normalized spacial score (nSPS) is 10.2. The van der Waals surface area contributed by atoms with Crippen LogP contribution in [0.2, 0.25) is 10.0 Å². The summed E-state index contributed by atoms with van der Waals surface area (Å²) < 4.78 is 0. The molecule has 0 aliphatic rings. The zero-order chi connectivity index (χ0) is 11.4. The molecular formula is C14H11Cl2Na. The van der Waals surface area contributed by atoms with Gasteiger partial charge in [-0.05, 0) is 17.2 Å². The van der Waals surface area contributed by atoms with Crippen molar-refractivity contribution in [3.63, 3.8) is 0 Å². The summed E-state index contributed by atoms with van der Waals surface area (Å²) in [5.41, 5.74) is 2.07. The molecular weight excluding hydrogens is 262 g/mol. The zero-order valence-electron chi connectivity index (χ0n) is 8.53. The molecule has 0 atom stereocenters. The van der Waals surface area contributed by atoms with Crippen LogP contribution in [0.1, 0.15) is 11.1 Å². The van der Waals surface area contributed by atoms with E-state index in [1.165, 1.54) is 0 Å². The Morgan fingerprint density at radius 3 is 2.18 bits per heavy atom. The van der Waals surface area contributed by atoms with Gasteiger partial charge in [0.2, 0.25) is 0 Å². The second-order valence-corrected chi connectivity index (χ2v) is 4.17. The van der Waals surface area contributed by atoms with E-state index in [4.69, 9.17) is 23.2 Å². The van der Waals surface area contributed by atoms with Gasteiger partial charge in [-0.25, -0.2) is 0 Å². The molecule has 0 heterocycles. The number of hydrogen-bond acceptors (Lipinski definition) is 0. The Bertz CT molecular complexity index is 507. The van der Waals surface area contributed by atoms with Crippen molar-refractivity contribution in [3.8, 4) is 0 Å². The maximum atomic E-state index is 6.08. The Hall–Kier alpha value is -0.240. The molecule has 82 valence electrons. The van der Waals surface area contributed by atoms with Crippen molar-refractivity contribution < 1.29 is 0 Å². The van der Waals surface area contributed by atoms with Gasteiger partial charge in [-0.15, -0.1) is 0 Å². The molecule has 2 aromatic carbocycles. The first-order valence-corrected chi connectivity index (χ1v) is 5.70. The summed E-state index contributed by atoms with van der Waals surface area (Å²) in [6.07, 6.45) is 3.97. The molecule has 0 bridgehead atoms. The van der Waals surface area contributed by atoms with E-state index < -0.39 is 0 Å². The molecule has 0 spiro atoms. The summed E-state index contributed by atoms with van der Waals surface area (Å²) in [6.45, 7) is 0. The summed E-state index contributed by atoms with van der Waals surface area (Å²) in [7, 11) is 0. The molecule has 0 fully saturated rings. The SMILES string of the molecule is Clc1cccc(C=Cc2ccccc2)c1Cl.[NaH]. The van der Waals surface area contributed by atoms with Crippen molar-refractivity contribution >= 4 is 64.9 Å². The second kappa shape index (κ2) is 7.25. The Labute approximate surface area is 134 Å². The monoisotopic (exact) mass is 272 g/mol. The average Bonchev–Trinajstić information content (AvgIpc) is 2.32. The molecule has 0 aliphatic heterocycles. The number of benzene rings is 2. The van der Waals surface area contributed by atoms with Gasteiger partial charge < -0.3 is 0 Å². The van der Waals surface area contributed by atoms with Gasteiger partial charge in [0, 0.05) is 0 Å². The molecule has 2 aromatic rings. The predicted molar refractivity (Wildman–Crippen MR) is 79.0 cm³/mol. The van der Waals surface area contributed by atoms with Gasteiger partial charge in [-0.1, -0.05) is 77.8 Å². The van der Waals surface area contributed by atoms with E-state index in [1.54, 1.807) is 6.07 Å². The van der Waals surface area contributed by atoms with Gasteiger partial charge in [0.15, 0.2) is 0 Å². The summed E-state index contributed by atoms with van der Waals surface area (Å²) >= 11 is 12.0. The van der Waals surface area contributed by atoms with E-state index in [-0.39, 0.29) is 29.6 Å². The van der Waals surface area contributed by atoms with Gasteiger partial charge in [0.05, 0.1) is 10.0 Å². The van der Waals surface area contributed by atoms with E-state index in [2.05, 4.69) is 0 Å². The van der Waals surface area contributed by atoms with Crippen LogP contribution in [0.25, 0.3) is 12.2 Å². The Kier molecular flexibility index (Phi) is 6.32. The summed E-state index contributed by atoms with van der Waals surface area (Å²) in [5.74, 6) is 0. The van der Waals surface area contributed by atoms with Crippen LogP contribution in [-0.2, 0) is 0 Å². The molecule has 3 heteroatoms. The molecule has 0 saturated heterocycles. The van der Waals surface area contributed by atoms with E-state index in [0.717, 1.165) is 11.1 Å². The summed E-state index contributed by atoms with van der Waals surface area (Å²) in [6, 6.07) is 15.7. The van der Waals surface area contributed by atoms with Crippen LogP contribution in [0.5, 0.6) is 0 Å². The first-order valence-electron chi connectivity index (χ1n) is 4.94. The van der Waals surface area contributed by atoms with Crippen molar-refractivity contribution in [2.24, 2.45) is 0 Å². The molecule has 17 heavy (non-hydrogen) atoms. The Balaban J connectivity index is 0.00000144. The fraction of sp³-hybridized carbons (Fsp3) is 0. The molecule has 0 saturated carbocycles. The third-order valence-electron chi connectivity index (χ3n) is 2.24. The van der Waals surface area contributed by atoms with Crippen LogP contribution in [0, 0.1) is 0 Å². The van der Waals surface area contributed by atoms with Crippen LogP contribution in [0.15, 0.2) is 48.5 Å². The van der Waals surface area contributed by atoms with Gasteiger partial charge in [-0.3, -0.25) is 0 Å². The van der Waals surface area contributed by atoms with Crippen LogP contribution < -0.4 is 0 Å². The first kappa shape index (κ1) is 14.8. The summed E-state index contributed by atoms with van der Waals surface area (Å²) in [5, 5.41) is 1.17. The van der Waals surface area contributed by atoms with Crippen molar-refractivity contribution in [1.29, 1.82) is 0 Å². The van der Waals surface area contributed by atoms with Crippen LogP contribution >= 0.6 is 23.2 Å². The van der Waals surface area contributed by atoms with Crippen molar-refractivity contribution in [2.45, 2.75) is 0 Å². The van der Waals surface area contributed by atoms with E-state index in [0.29, 0.717) is 10.0 Å². The minimum atomic E-state index is 0. The molecule has 0 aliphatic carbocycles. The van der Waals surface area contributed by atoms with Gasteiger partial charge in [-0.2, -0.15) is 0 Å². The van der Waals surface area contributed by atoms with Gasteiger partial charge >= 0.3 is 29.6 Å². The average molecular weight is 273 g/mol. The minimum absolute atomic E-state index is 0. The maximum absolute atomic E-state index is 6.08. The Morgan fingerprint density at radius 2 is 1.47 bits per heavy atom. The quantitative estimate of drug-likeness (QED) is 0.557. The molecule has 0 amide bonds. The van der Waals surface area contributed by atoms with E-state index in [1.807, 2.05) is 54.6 Å². The number of halogens is 2. The fourth-order valence-electron chi connectivity index (χ4n) is 1.40. The third kappa shape index (κ3) is 4.17. The molecule has 0 N–H and O–H groups in total. The van der Waals surface area contributed by atoms with E-state index >= 15 is 0 Å². The third-order valence-corrected chi connectivity index (χ3v) is 3.07. The predicted octanol–water partition coefficient (Wildman–Crippen LogP) is 4.52. The van der Waals surface area contributed by atoms with Crippen LogP contribution in [-0.4, -0.2) is 29.6 Å². The van der Waals surface area contributed by atoms with E-state index in [9.17, 15) is 0 Å². The molecule has 0 aromatic heterocycles. The number of hydrogen-bond donors (Lipinski definition) is 0. The van der Waals surface area contributed by atoms with Gasteiger partial charge in [0.1, 0.15) is 0 Å². The second-order valence-electron chi connectivity index (χ2n) is 3.39. The topological polar surface area (TPSA) is 0 Å². The fourth-order valence-corrected chi connectivity index (χ4v) is 1.77. The van der Waals surface area contributed by atoms with Crippen LogP contribution in [0.4, 0.5) is 0 Å². The molecule has 0 radical (unpaired) electrons. The van der Waals surface area contributed by atoms with Crippen molar-refractivity contribution in [2.75, 3.05) is 0 Å². The van der Waals surface area contributed by atoms with Crippen molar-refractivity contribution in [1.82, 2.24) is 0 Å². The zero-order valence-corrected chi connectivity index (χ0v) is 10.0. The molecule has 0 unspecified atom stereocenters.